The molecule has 6 nitrogen and oxygen atoms in total. The molecule has 0 saturated carbocycles. The lowest BCUT2D eigenvalue weighted by Crippen LogP contribution is -2.16. The first-order chi connectivity index (χ1) is 11.5. The van der Waals surface area contributed by atoms with Gasteiger partial charge in [-0.05, 0) is 37.1 Å². The van der Waals surface area contributed by atoms with E-state index in [1.54, 1.807) is 12.1 Å². The van der Waals surface area contributed by atoms with Gasteiger partial charge in [-0.25, -0.2) is 0 Å². The molecule has 122 valence electrons. The van der Waals surface area contributed by atoms with Crippen LogP contribution in [-0.2, 0) is 6.54 Å². The molecule has 0 spiro atoms. The van der Waals surface area contributed by atoms with Crippen LogP contribution in [0.25, 0.3) is 10.9 Å². The Bertz CT molecular complexity index is 992. The zero-order chi connectivity index (χ0) is 17.3. The number of aryl methyl sites for hydroxylation is 2. The molecule has 3 rings (SSSR count). The van der Waals surface area contributed by atoms with E-state index >= 15 is 0 Å². The second kappa shape index (κ2) is 6.16. The van der Waals surface area contributed by atoms with Gasteiger partial charge in [0.2, 0.25) is 0 Å². The lowest BCUT2D eigenvalue weighted by Gasteiger charge is -2.10. The summed E-state index contributed by atoms with van der Waals surface area (Å²) in [7, 11) is 0. The molecule has 0 fully saturated rings. The average molecular weight is 323 g/mol. The van der Waals surface area contributed by atoms with Crippen LogP contribution in [0.1, 0.15) is 16.7 Å². The molecule has 0 amide bonds. The molecule has 3 aromatic rings. The van der Waals surface area contributed by atoms with Gasteiger partial charge in [0, 0.05) is 35.3 Å². The van der Waals surface area contributed by atoms with Crippen LogP contribution in [-0.4, -0.2) is 9.91 Å². The van der Waals surface area contributed by atoms with Gasteiger partial charge in [0.1, 0.15) is 0 Å². The van der Waals surface area contributed by atoms with Crippen molar-refractivity contribution in [3.63, 3.8) is 0 Å². The number of H-pyrrole nitrogens is 1. The summed E-state index contributed by atoms with van der Waals surface area (Å²) in [5.41, 5.74) is 3.99. The highest BCUT2D eigenvalue weighted by molar-refractivity contribution is 5.85. The third kappa shape index (κ3) is 2.99. The number of aromatic amines is 1. The number of hydrogen-bond acceptors (Lipinski definition) is 4. The maximum Gasteiger partial charge on any atom is 0.271 e. The third-order valence-corrected chi connectivity index (χ3v) is 4.06. The van der Waals surface area contributed by atoms with Gasteiger partial charge >= 0.3 is 0 Å². The summed E-state index contributed by atoms with van der Waals surface area (Å²) in [6.07, 6.45) is 0. The minimum atomic E-state index is -0.444. The third-order valence-electron chi connectivity index (χ3n) is 4.06. The summed E-state index contributed by atoms with van der Waals surface area (Å²) in [5, 5.41) is 14.9. The lowest BCUT2D eigenvalue weighted by molar-refractivity contribution is -0.384. The van der Waals surface area contributed by atoms with E-state index in [1.807, 2.05) is 32.0 Å². The van der Waals surface area contributed by atoms with E-state index in [0.29, 0.717) is 17.8 Å². The highest BCUT2D eigenvalue weighted by Crippen LogP contribution is 2.21. The Hall–Kier alpha value is -3.15. The second-order valence-corrected chi connectivity index (χ2v) is 5.77. The largest absolute Gasteiger partial charge is 0.381 e. The Morgan fingerprint density at radius 2 is 1.88 bits per heavy atom. The molecular formula is C18H17N3O3. The van der Waals surface area contributed by atoms with E-state index < -0.39 is 4.92 Å². The molecular weight excluding hydrogens is 306 g/mol. The number of rotatable bonds is 4. The fourth-order valence-corrected chi connectivity index (χ4v) is 2.68. The van der Waals surface area contributed by atoms with E-state index in [1.165, 1.54) is 12.1 Å². The molecule has 2 N–H and O–H groups in total. The molecule has 6 heteroatoms. The molecule has 0 unspecified atom stereocenters. The van der Waals surface area contributed by atoms with Crippen molar-refractivity contribution in [1.82, 2.24) is 4.98 Å². The van der Waals surface area contributed by atoms with Gasteiger partial charge in [-0.3, -0.25) is 14.9 Å². The zero-order valence-corrected chi connectivity index (χ0v) is 13.4. The monoisotopic (exact) mass is 323 g/mol. The molecule has 1 aromatic heterocycles. The molecule has 0 saturated heterocycles. The number of pyridine rings is 1. The second-order valence-electron chi connectivity index (χ2n) is 5.77. The molecule has 0 atom stereocenters. The topological polar surface area (TPSA) is 88.0 Å². The van der Waals surface area contributed by atoms with Crippen LogP contribution in [0.3, 0.4) is 0 Å². The van der Waals surface area contributed by atoms with Crippen LogP contribution in [0, 0.1) is 24.0 Å². The van der Waals surface area contributed by atoms with Gasteiger partial charge in [0.25, 0.3) is 11.2 Å². The summed E-state index contributed by atoms with van der Waals surface area (Å²) in [6, 6.07) is 12.1. The van der Waals surface area contributed by atoms with E-state index in [-0.39, 0.29) is 11.2 Å². The number of anilines is 1. The Balaban J connectivity index is 1.92. The number of nitro benzene ring substituents is 1. The Labute approximate surface area is 138 Å². The average Bonchev–Trinajstić information content (AvgIpc) is 2.57. The quantitative estimate of drug-likeness (QED) is 0.566. The summed E-state index contributed by atoms with van der Waals surface area (Å²) >= 11 is 0. The number of benzene rings is 2. The minimum absolute atomic E-state index is 0.0129. The van der Waals surface area contributed by atoms with Gasteiger partial charge in [-0.1, -0.05) is 18.2 Å². The number of nitrogens with zero attached hydrogens (tertiary/aromatic N) is 1. The molecule has 0 aliphatic heterocycles. The van der Waals surface area contributed by atoms with Gasteiger partial charge in [-0.15, -0.1) is 0 Å². The predicted octanol–water partition coefficient (Wildman–Crippen LogP) is 3.67. The fraction of sp³-hybridized carbons (Fsp3) is 0.167. The molecule has 24 heavy (non-hydrogen) atoms. The van der Waals surface area contributed by atoms with E-state index in [4.69, 9.17) is 0 Å². The minimum Gasteiger partial charge on any atom is -0.381 e. The van der Waals surface area contributed by atoms with Crippen molar-refractivity contribution in [3.8, 4) is 0 Å². The first-order valence-electron chi connectivity index (χ1n) is 7.56. The Kier molecular flexibility index (Phi) is 4.04. The smallest absolute Gasteiger partial charge is 0.271 e. The summed E-state index contributed by atoms with van der Waals surface area (Å²) in [6.45, 7) is 4.25. The van der Waals surface area contributed by atoms with Crippen LogP contribution in [0.5, 0.6) is 0 Å². The van der Waals surface area contributed by atoms with Gasteiger partial charge < -0.3 is 10.3 Å². The summed E-state index contributed by atoms with van der Waals surface area (Å²) in [4.78, 5) is 25.6. The van der Waals surface area contributed by atoms with Crippen molar-refractivity contribution in [2.24, 2.45) is 0 Å². The van der Waals surface area contributed by atoms with Crippen LogP contribution in [0.2, 0.25) is 0 Å². The number of nitro groups is 1. The number of non-ortho nitro benzene ring substituents is 1. The lowest BCUT2D eigenvalue weighted by atomic mass is 10.0. The fourth-order valence-electron chi connectivity index (χ4n) is 2.68. The molecule has 0 aliphatic rings. The van der Waals surface area contributed by atoms with Crippen molar-refractivity contribution in [3.05, 3.63) is 79.6 Å². The predicted molar refractivity (Wildman–Crippen MR) is 94.5 cm³/mol. The van der Waals surface area contributed by atoms with E-state index in [9.17, 15) is 14.9 Å². The van der Waals surface area contributed by atoms with Crippen molar-refractivity contribution in [2.45, 2.75) is 20.4 Å². The molecule has 1 heterocycles. The highest BCUT2D eigenvalue weighted by Gasteiger charge is 2.09. The van der Waals surface area contributed by atoms with Crippen molar-refractivity contribution < 1.29 is 4.92 Å². The molecule has 0 radical (unpaired) electrons. The molecule has 0 bridgehead atoms. The van der Waals surface area contributed by atoms with Gasteiger partial charge in [-0.2, -0.15) is 0 Å². The Morgan fingerprint density at radius 1 is 1.12 bits per heavy atom. The summed E-state index contributed by atoms with van der Waals surface area (Å²) < 4.78 is 0. The van der Waals surface area contributed by atoms with E-state index in [0.717, 1.165) is 22.0 Å². The Morgan fingerprint density at radius 3 is 2.62 bits per heavy atom. The van der Waals surface area contributed by atoms with Crippen LogP contribution in [0.4, 0.5) is 11.4 Å². The number of fused-ring (bicyclic) bond motifs is 1. The van der Waals surface area contributed by atoms with Gasteiger partial charge in [0.05, 0.1) is 10.4 Å². The maximum absolute atomic E-state index is 12.3. The first-order valence-corrected chi connectivity index (χ1v) is 7.56. The van der Waals surface area contributed by atoms with Crippen molar-refractivity contribution in [1.29, 1.82) is 0 Å². The van der Waals surface area contributed by atoms with Crippen LogP contribution < -0.4 is 10.9 Å². The maximum atomic E-state index is 12.3. The first kappa shape index (κ1) is 15.7. The normalized spacial score (nSPS) is 10.8. The van der Waals surface area contributed by atoms with Crippen LogP contribution >= 0.6 is 0 Å². The zero-order valence-electron chi connectivity index (χ0n) is 13.4. The number of aromatic nitrogens is 1. The van der Waals surface area contributed by atoms with Crippen molar-refractivity contribution in [2.75, 3.05) is 5.32 Å². The van der Waals surface area contributed by atoms with E-state index in [2.05, 4.69) is 10.3 Å². The highest BCUT2D eigenvalue weighted by atomic mass is 16.6. The molecule has 2 aromatic carbocycles. The van der Waals surface area contributed by atoms with Gasteiger partial charge in [0.15, 0.2) is 0 Å². The van der Waals surface area contributed by atoms with Crippen molar-refractivity contribution >= 4 is 22.3 Å². The number of nitrogens with one attached hydrogen (secondary N) is 2. The summed E-state index contributed by atoms with van der Waals surface area (Å²) in [5.74, 6) is 0. The van der Waals surface area contributed by atoms with Crippen LogP contribution in [0.15, 0.2) is 47.3 Å². The standard InChI is InChI=1S/C18H17N3O3/c1-11-6-7-12(2)17-16(11)8-13(18(22)20-17)10-19-14-4-3-5-15(9-14)21(23)24/h3-9,19H,10H2,1-2H3,(H,20,22). The molecule has 0 aliphatic carbocycles. The SMILES string of the molecule is Cc1ccc(C)c2[nH]c(=O)c(CNc3cccc([N+](=O)[O-])c3)cc12. The number of hydrogen-bond donors (Lipinski definition) is 2.